The third kappa shape index (κ3) is 3.30. The van der Waals surface area contributed by atoms with Gasteiger partial charge in [0.15, 0.2) is 6.10 Å². The van der Waals surface area contributed by atoms with Gasteiger partial charge in [0.1, 0.15) is 0 Å². The van der Waals surface area contributed by atoms with Crippen molar-refractivity contribution in [3.63, 3.8) is 0 Å². The summed E-state index contributed by atoms with van der Waals surface area (Å²) in [6, 6.07) is 6.05. The van der Waals surface area contributed by atoms with Gasteiger partial charge in [-0.25, -0.2) is 4.79 Å². The summed E-state index contributed by atoms with van der Waals surface area (Å²) in [4.78, 5) is 10.8. The molecule has 1 atom stereocenters. The molecule has 0 saturated heterocycles. The van der Waals surface area contributed by atoms with Crippen molar-refractivity contribution in [2.45, 2.75) is 40.2 Å². The van der Waals surface area contributed by atoms with Crippen molar-refractivity contribution in [2.75, 3.05) is 0 Å². The number of aryl methyl sites for hydroxylation is 2. The summed E-state index contributed by atoms with van der Waals surface area (Å²) in [5.74, 6) is -1.17. The number of hydrogen-bond donors (Lipinski definition) is 2. The molecule has 94 valence electrons. The van der Waals surface area contributed by atoms with Crippen LogP contribution in [0.3, 0.4) is 0 Å². The second-order valence-corrected chi connectivity index (χ2v) is 5.32. The fourth-order valence-electron chi connectivity index (χ4n) is 1.87. The fraction of sp³-hybridized carbons (Fsp3) is 0.500. The molecule has 3 heteroatoms. The Labute approximate surface area is 102 Å². The SMILES string of the molecule is Cc1ccc(CC(C)(C)C(O)C(=O)O)cc1C. The van der Waals surface area contributed by atoms with E-state index in [0.29, 0.717) is 6.42 Å². The molecule has 3 nitrogen and oxygen atoms in total. The van der Waals surface area contributed by atoms with E-state index in [4.69, 9.17) is 5.11 Å². The highest BCUT2D eigenvalue weighted by Gasteiger charge is 2.33. The van der Waals surface area contributed by atoms with Gasteiger partial charge in [0.25, 0.3) is 0 Å². The van der Waals surface area contributed by atoms with E-state index in [1.807, 2.05) is 32.0 Å². The van der Waals surface area contributed by atoms with Gasteiger partial charge in [0.2, 0.25) is 0 Å². The highest BCUT2D eigenvalue weighted by molar-refractivity contribution is 5.73. The largest absolute Gasteiger partial charge is 0.479 e. The second-order valence-electron chi connectivity index (χ2n) is 5.32. The van der Waals surface area contributed by atoms with Gasteiger partial charge in [-0.05, 0) is 37.0 Å². The van der Waals surface area contributed by atoms with Gasteiger partial charge in [-0.2, -0.15) is 0 Å². The van der Waals surface area contributed by atoms with Gasteiger partial charge >= 0.3 is 5.97 Å². The smallest absolute Gasteiger partial charge is 0.333 e. The van der Waals surface area contributed by atoms with Crippen LogP contribution >= 0.6 is 0 Å². The maximum Gasteiger partial charge on any atom is 0.333 e. The van der Waals surface area contributed by atoms with E-state index >= 15 is 0 Å². The predicted molar refractivity (Wildman–Crippen MR) is 67.0 cm³/mol. The molecule has 1 unspecified atom stereocenters. The van der Waals surface area contributed by atoms with E-state index in [1.54, 1.807) is 13.8 Å². The van der Waals surface area contributed by atoms with Gasteiger partial charge < -0.3 is 10.2 Å². The fourth-order valence-corrected chi connectivity index (χ4v) is 1.87. The maximum absolute atomic E-state index is 10.8. The Morgan fingerprint density at radius 3 is 2.35 bits per heavy atom. The lowest BCUT2D eigenvalue weighted by molar-refractivity contribution is -0.153. The van der Waals surface area contributed by atoms with Gasteiger partial charge in [-0.1, -0.05) is 32.0 Å². The van der Waals surface area contributed by atoms with Crippen molar-refractivity contribution < 1.29 is 15.0 Å². The Balaban J connectivity index is 2.89. The summed E-state index contributed by atoms with van der Waals surface area (Å²) in [5.41, 5.74) is 2.78. The van der Waals surface area contributed by atoms with E-state index in [1.165, 1.54) is 11.1 Å². The normalized spacial score (nSPS) is 13.5. The maximum atomic E-state index is 10.8. The number of aliphatic hydroxyl groups is 1. The van der Waals surface area contributed by atoms with Gasteiger partial charge in [-0.15, -0.1) is 0 Å². The molecule has 0 aliphatic carbocycles. The molecule has 0 bridgehead atoms. The topological polar surface area (TPSA) is 57.5 Å². The highest BCUT2D eigenvalue weighted by atomic mass is 16.4. The Morgan fingerprint density at radius 1 is 1.29 bits per heavy atom. The van der Waals surface area contributed by atoms with E-state index in [0.717, 1.165) is 5.56 Å². The van der Waals surface area contributed by atoms with Crippen molar-refractivity contribution >= 4 is 5.97 Å². The first-order valence-corrected chi connectivity index (χ1v) is 5.71. The Bertz CT molecular complexity index is 421. The highest BCUT2D eigenvalue weighted by Crippen LogP contribution is 2.27. The Hall–Kier alpha value is -1.35. The van der Waals surface area contributed by atoms with E-state index < -0.39 is 17.5 Å². The van der Waals surface area contributed by atoms with E-state index in [9.17, 15) is 9.90 Å². The lowest BCUT2D eigenvalue weighted by Crippen LogP contribution is -2.37. The van der Waals surface area contributed by atoms with E-state index in [2.05, 4.69) is 0 Å². The molecule has 0 fully saturated rings. The van der Waals surface area contributed by atoms with Gasteiger partial charge in [0, 0.05) is 5.41 Å². The van der Waals surface area contributed by atoms with Crippen molar-refractivity contribution in [3.05, 3.63) is 34.9 Å². The second kappa shape index (κ2) is 4.88. The number of hydrogen-bond acceptors (Lipinski definition) is 2. The van der Waals surface area contributed by atoms with Crippen LogP contribution in [0.25, 0.3) is 0 Å². The zero-order chi connectivity index (χ0) is 13.2. The van der Waals surface area contributed by atoms with Crippen LogP contribution in [0.1, 0.15) is 30.5 Å². The quantitative estimate of drug-likeness (QED) is 0.843. The first kappa shape index (κ1) is 13.7. The summed E-state index contributed by atoms with van der Waals surface area (Å²) in [6.45, 7) is 7.60. The molecule has 0 amide bonds. The number of carboxylic acids is 1. The molecule has 0 radical (unpaired) electrons. The summed E-state index contributed by atoms with van der Waals surface area (Å²) in [5, 5.41) is 18.5. The summed E-state index contributed by atoms with van der Waals surface area (Å²) in [7, 11) is 0. The standard InChI is InChI=1S/C14H20O3/c1-9-5-6-11(7-10(9)2)8-14(3,4)12(15)13(16)17/h5-7,12,15H,8H2,1-4H3,(H,16,17). The van der Waals surface area contributed by atoms with Crippen LogP contribution in [0.5, 0.6) is 0 Å². The molecule has 0 heterocycles. The lowest BCUT2D eigenvalue weighted by Gasteiger charge is -2.28. The van der Waals surface area contributed by atoms with Gasteiger partial charge in [-0.3, -0.25) is 0 Å². The van der Waals surface area contributed by atoms with Crippen molar-refractivity contribution in [1.82, 2.24) is 0 Å². The number of rotatable bonds is 4. The number of aliphatic hydroxyl groups excluding tert-OH is 1. The third-order valence-electron chi connectivity index (χ3n) is 3.21. The predicted octanol–water partition coefficient (Wildman–Crippen LogP) is 2.32. The summed E-state index contributed by atoms with van der Waals surface area (Å²) in [6.07, 6.45) is -0.800. The minimum Gasteiger partial charge on any atom is -0.479 e. The zero-order valence-electron chi connectivity index (χ0n) is 10.8. The van der Waals surface area contributed by atoms with Gasteiger partial charge in [0.05, 0.1) is 0 Å². The Morgan fingerprint density at radius 2 is 1.88 bits per heavy atom. The molecular weight excluding hydrogens is 216 g/mol. The molecule has 0 aliphatic heterocycles. The number of carboxylic acid groups (broad SMARTS) is 1. The summed E-state index contributed by atoms with van der Waals surface area (Å²) >= 11 is 0. The Kier molecular flexibility index (Phi) is 3.94. The minimum atomic E-state index is -1.34. The molecule has 0 aliphatic rings. The average molecular weight is 236 g/mol. The molecule has 17 heavy (non-hydrogen) atoms. The van der Waals surface area contributed by atoms with Crippen LogP contribution in [-0.2, 0) is 11.2 Å². The molecule has 0 saturated carbocycles. The molecule has 2 N–H and O–H groups in total. The van der Waals surface area contributed by atoms with Crippen LogP contribution in [0.4, 0.5) is 0 Å². The molecular formula is C14H20O3. The molecule has 0 spiro atoms. The number of aliphatic carboxylic acids is 1. The molecule has 1 rings (SSSR count). The number of benzene rings is 1. The molecule has 1 aromatic rings. The zero-order valence-corrected chi connectivity index (χ0v) is 10.8. The molecule has 1 aromatic carbocycles. The van der Waals surface area contributed by atoms with Crippen molar-refractivity contribution in [3.8, 4) is 0 Å². The summed E-state index contributed by atoms with van der Waals surface area (Å²) < 4.78 is 0. The third-order valence-corrected chi connectivity index (χ3v) is 3.21. The van der Waals surface area contributed by atoms with Crippen molar-refractivity contribution in [2.24, 2.45) is 5.41 Å². The first-order valence-electron chi connectivity index (χ1n) is 5.71. The van der Waals surface area contributed by atoms with Crippen LogP contribution in [-0.4, -0.2) is 22.3 Å². The van der Waals surface area contributed by atoms with Crippen LogP contribution in [0.15, 0.2) is 18.2 Å². The first-order chi connectivity index (χ1) is 7.74. The van der Waals surface area contributed by atoms with Crippen LogP contribution in [0, 0.1) is 19.3 Å². The monoisotopic (exact) mass is 236 g/mol. The minimum absolute atomic E-state index is 0.543. The molecule has 0 aromatic heterocycles. The van der Waals surface area contributed by atoms with Crippen molar-refractivity contribution in [1.29, 1.82) is 0 Å². The van der Waals surface area contributed by atoms with E-state index in [-0.39, 0.29) is 0 Å². The average Bonchev–Trinajstić information content (AvgIpc) is 2.22. The van der Waals surface area contributed by atoms with Crippen LogP contribution < -0.4 is 0 Å². The number of carbonyl (C=O) groups is 1. The van der Waals surface area contributed by atoms with Crippen LogP contribution in [0.2, 0.25) is 0 Å². The lowest BCUT2D eigenvalue weighted by atomic mass is 9.80.